The lowest BCUT2D eigenvalue weighted by Gasteiger charge is -2.16. The van der Waals surface area contributed by atoms with Crippen molar-refractivity contribution < 1.29 is 4.79 Å². The molecule has 0 fully saturated rings. The van der Waals surface area contributed by atoms with E-state index in [1.807, 2.05) is 19.9 Å². The van der Waals surface area contributed by atoms with E-state index in [0.29, 0.717) is 21.6 Å². The summed E-state index contributed by atoms with van der Waals surface area (Å²) in [6.45, 7) is 5.33. The first-order chi connectivity index (χ1) is 12.8. The van der Waals surface area contributed by atoms with E-state index in [0.717, 1.165) is 16.1 Å². The molecule has 0 saturated carbocycles. The van der Waals surface area contributed by atoms with Crippen LogP contribution in [-0.4, -0.2) is 25.5 Å². The number of rotatable bonds is 4. The summed E-state index contributed by atoms with van der Waals surface area (Å²) in [7, 11) is 0. The molecule has 0 spiro atoms. The van der Waals surface area contributed by atoms with E-state index in [1.54, 1.807) is 29.8 Å². The van der Waals surface area contributed by atoms with Gasteiger partial charge in [0.15, 0.2) is 5.82 Å². The van der Waals surface area contributed by atoms with Gasteiger partial charge in [0.25, 0.3) is 5.56 Å². The zero-order valence-corrected chi connectivity index (χ0v) is 16.4. The van der Waals surface area contributed by atoms with Gasteiger partial charge < -0.3 is 5.32 Å². The van der Waals surface area contributed by atoms with Crippen LogP contribution in [0.4, 0.5) is 5.69 Å². The Labute approximate surface area is 165 Å². The molecule has 0 saturated heterocycles. The van der Waals surface area contributed by atoms with Crippen molar-refractivity contribution in [2.45, 2.75) is 26.8 Å². The largest absolute Gasteiger partial charge is 0.323 e. The highest BCUT2D eigenvalue weighted by Crippen LogP contribution is 2.26. The van der Waals surface area contributed by atoms with Crippen molar-refractivity contribution >= 4 is 34.8 Å². The molecule has 0 aliphatic heterocycles. The highest BCUT2D eigenvalue weighted by atomic mass is 35.5. The summed E-state index contributed by atoms with van der Waals surface area (Å²) in [5.74, 6) is 0.0173. The fraction of sp³-hybridized carbons (Fsp3) is 0.222. The number of halogens is 2. The smallest absolute Gasteiger partial charge is 0.267 e. The Morgan fingerprint density at radius 2 is 1.85 bits per heavy atom. The molecule has 3 aromatic rings. The number of aryl methyl sites for hydroxylation is 2. The van der Waals surface area contributed by atoms with Crippen LogP contribution in [0.2, 0.25) is 10.0 Å². The van der Waals surface area contributed by atoms with E-state index in [-0.39, 0.29) is 0 Å². The topological polar surface area (TPSA) is 81.8 Å². The highest BCUT2D eigenvalue weighted by molar-refractivity contribution is 6.36. The second-order valence-electron chi connectivity index (χ2n) is 6.10. The van der Waals surface area contributed by atoms with Gasteiger partial charge in [0, 0.05) is 16.8 Å². The minimum atomic E-state index is -0.860. The number of nitrogens with one attached hydrogen (secondary N) is 1. The molecule has 7 nitrogen and oxygen atoms in total. The molecule has 27 heavy (non-hydrogen) atoms. The van der Waals surface area contributed by atoms with E-state index >= 15 is 0 Å². The number of benzene rings is 1. The van der Waals surface area contributed by atoms with Gasteiger partial charge in [0.2, 0.25) is 5.91 Å². The van der Waals surface area contributed by atoms with Crippen molar-refractivity contribution in [3.05, 3.63) is 68.2 Å². The molecule has 0 aliphatic carbocycles. The summed E-state index contributed by atoms with van der Waals surface area (Å²) in [6, 6.07) is 8.70. The van der Waals surface area contributed by atoms with Crippen LogP contribution in [0.1, 0.15) is 24.4 Å². The second-order valence-corrected chi connectivity index (χ2v) is 6.95. The van der Waals surface area contributed by atoms with E-state index in [4.69, 9.17) is 23.2 Å². The zero-order valence-electron chi connectivity index (χ0n) is 14.9. The number of hydrogen-bond acceptors (Lipinski definition) is 4. The molecule has 9 heteroatoms. The fourth-order valence-electron chi connectivity index (χ4n) is 2.61. The van der Waals surface area contributed by atoms with E-state index < -0.39 is 17.5 Å². The number of anilines is 1. The molecule has 2 heterocycles. The quantitative estimate of drug-likeness (QED) is 0.719. The fourth-order valence-corrected chi connectivity index (χ4v) is 3.06. The van der Waals surface area contributed by atoms with Crippen LogP contribution in [0.5, 0.6) is 0 Å². The molecule has 1 N–H and O–H groups in total. The minimum Gasteiger partial charge on any atom is -0.323 e. The third kappa shape index (κ3) is 4.04. The Morgan fingerprint density at radius 3 is 2.48 bits per heavy atom. The van der Waals surface area contributed by atoms with Crippen LogP contribution < -0.4 is 10.9 Å². The lowest BCUT2D eigenvalue weighted by Crippen LogP contribution is -2.33. The lowest BCUT2D eigenvalue weighted by molar-refractivity contribution is -0.119. The molecule has 0 aliphatic rings. The Bertz CT molecular complexity index is 1070. The van der Waals surface area contributed by atoms with E-state index in [2.05, 4.69) is 15.5 Å². The van der Waals surface area contributed by atoms with Crippen LogP contribution in [0.15, 0.2) is 41.2 Å². The van der Waals surface area contributed by atoms with Crippen LogP contribution in [0.25, 0.3) is 5.82 Å². The Balaban J connectivity index is 1.90. The molecule has 1 unspecified atom stereocenters. The van der Waals surface area contributed by atoms with E-state index in [1.165, 1.54) is 12.1 Å². The Hall–Kier alpha value is -2.64. The molecule has 1 aromatic carbocycles. The summed E-state index contributed by atoms with van der Waals surface area (Å²) in [4.78, 5) is 24.8. The lowest BCUT2D eigenvalue weighted by atomic mass is 10.2. The first-order valence-corrected chi connectivity index (χ1v) is 8.91. The van der Waals surface area contributed by atoms with Crippen molar-refractivity contribution in [1.29, 1.82) is 0 Å². The second kappa shape index (κ2) is 7.54. The number of nitrogens with zero attached hydrogens (tertiary/aromatic N) is 4. The number of aromatic nitrogens is 4. The third-order valence-electron chi connectivity index (χ3n) is 3.97. The molecule has 0 radical (unpaired) electrons. The average Bonchev–Trinajstić information content (AvgIpc) is 2.95. The maximum atomic E-state index is 12.6. The number of amides is 1. The van der Waals surface area contributed by atoms with Gasteiger partial charge in [0.1, 0.15) is 6.04 Å². The monoisotopic (exact) mass is 405 g/mol. The van der Waals surface area contributed by atoms with Crippen molar-refractivity contribution in [3.8, 4) is 5.82 Å². The van der Waals surface area contributed by atoms with Gasteiger partial charge in [-0.3, -0.25) is 9.59 Å². The molecular weight excluding hydrogens is 389 g/mol. The maximum absolute atomic E-state index is 12.6. The van der Waals surface area contributed by atoms with Crippen molar-refractivity contribution in [2.75, 3.05) is 5.32 Å². The standard InChI is InChI=1S/C18H17Cl2N5O2/c1-10-8-11(2)24(22-10)16-6-7-17(26)25(23-16)12(3)18(27)21-15-5-4-13(19)9-14(15)20/h4-9,12H,1-3H3,(H,21,27). The van der Waals surface area contributed by atoms with Crippen LogP contribution in [-0.2, 0) is 4.79 Å². The number of hydrogen-bond donors (Lipinski definition) is 1. The zero-order chi connectivity index (χ0) is 19.7. The predicted molar refractivity (Wildman–Crippen MR) is 105 cm³/mol. The SMILES string of the molecule is Cc1cc(C)n(-c2ccc(=O)n(C(C)C(=O)Nc3ccc(Cl)cc3Cl)n2)n1. The molecule has 3 rings (SSSR count). The Kier molecular flexibility index (Phi) is 5.34. The number of carbonyl (C=O) groups is 1. The van der Waals surface area contributed by atoms with Crippen molar-refractivity contribution in [2.24, 2.45) is 0 Å². The van der Waals surface area contributed by atoms with Gasteiger partial charge in [-0.05, 0) is 51.1 Å². The summed E-state index contributed by atoms with van der Waals surface area (Å²) in [5.41, 5.74) is 1.70. The van der Waals surface area contributed by atoms with Crippen molar-refractivity contribution in [1.82, 2.24) is 19.6 Å². The van der Waals surface area contributed by atoms with Gasteiger partial charge in [0.05, 0.1) is 16.4 Å². The first-order valence-electron chi connectivity index (χ1n) is 8.15. The summed E-state index contributed by atoms with van der Waals surface area (Å²) in [6.07, 6.45) is 0. The van der Waals surface area contributed by atoms with E-state index in [9.17, 15) is 9.59 Å². The molecule has 1 atom stereocenters. The third-order valence-corrected chi connectivity index (χ3v) is 4.52. The van der Waals surface area contributed by atoms with Crippen molar-refractivity contribution in [3.63, 3.8) is 0 Å². The molecule has 140 valence electrons. The predicted octanol–water partition coefficient (Wildman–Crippen LogP) is 3.55. The summed E-state index contributed by atoms with van der Waals surface area (Å²) < 4.78 is 2.73. The van der Waals surface area contributed by atoms with Crippen LogP contribution in [0, 0.1) is 13.8 Å². The summed E-state index contributed by atoms with van der Waals surface area (Å²) >= 11 is 11.9. The normalized spacial score (nSPS) is 12.0. The molecule has 1 amide bonds. The summed E-state index contributed by atoms with van der Waals surface area (Å²) in [5, 5.41) is 12.1. The number of carbonyl (C=O) groups excluding carboxylic acids is 1. The first kappa shape index (κ1) is 19.1. The minimum absolute atomic E-state index is 0.305. The van der Waals surface area contributed by atoms with Gasteiger partial charge in [-0.25, -0.2) is 9.36 Å². The molecule has 2 aromatic heterocycles. The average molecular weight is 406 g/mol. The van der Waals surface area contributed by atoms with Gasteiger partial charge >= 0.3 is 0 Å². The van der Waals surface area contributed by atoms with Gasteiger partial charge in [-0.1, -0.05) is 23.2 Å². The van der Waals surface area contributed by atoms with Gasteiger partial charge in [-0.15, -0.1) is 5.10 Å². The van der Waals surface area contributed by atoms with Gasteiger partial charge in [-0.2, -0.15) is 5.10 Å². The maximum Gasteiger partial charge on any atom is 0.267 e. The van der Waals surface area contributed by atoms with Crippen LogP contribution in [0.3, 0.4) is 0 Å². The van der Waals surface area contributed by atoms with Crippen LogP contribution >= 0.6 is 23.2 Å². The Morgan fingerprint density at radius 1 is 1.11 bits per heavy atom. The highest BCUT2D eigenvalue weighted by Gasteiger charge is 2.19. The molecule has 0 bridgehead atoms. The molecular formula is C18H17Cl2N5O2.